The standard InChI is InChI=1S/C17H10Cl2N2O5/c1-25-15-5-2-9(6-12(15)19)7-13-17(22)26-16(20-13)10-3-4-11(18)14(8-10)21(23)24/h2-8H,1H3. The first kappa shape index (κ1) is 17.9. The number of carbonyl (C=O) groups is 1. The number of rotatable bonds is 4. The minimum atomic E-state index is -0.676. The summed E-state index contributed by atoms with van der Waals surface area (Å²) in [5, 5.41) is 11.3. The first-order valence-electron chi connectivity index (χ1n) is 7.19. The van der Waals surface area contributed by atoms with Gasteiger partial charge in [-0.25, -0.2) is 9.79 Å². The van der Waals surface area contributed by atoms with Crippen molar-refractivity contribution >= 4 is 46.8 Å². The number of nitro groups is 1. The molecule has 0 aliphatic carbocycles. The molecule has 0 atom stereocenters. The van der Waals surface area contributed by atoms with Crippen LogP contribution in [-0.2, 0) is 9.53 Å². The predicted molar refractivity (Wildman–Crippen MR) is 96.7 cm³/mol. The molecule has 7 nitrogen and oxygen atoms in total. The first-order chi connectivity index (χ1) is 12.4. The summed E-state index contributed by atoms with van der Waals surface area (Å²) < 4.78 is 10.2. The van der Waals surface area contributed by atoms with E-state index in [1.807, 2.05) is 0 Å². The summed E-state index contributed by atoms with van der Waals surface area (Å²) in [4.78, 5) is 26.5. The predicted octanol–water partition coefficient (Wildman–Crippen LogP) is 4.25. The molecular weight excluding hydrogens is 383 g/mol. The highest BCUT2D eigenvalue weighted by Crippen LogP contribution is 2.29. The lowest BCUT2D eigenvalue weighted by Gasteiger charge is -2.03. The average molecular weight is 393 g/mol. The van der Waals surface area contributed by atoms with E-state index in [2.05, 4.69) is 4.99 Å². The van der Waals surface area contributed by atoms with E-state index in [1.54, 1.807) is 18.2 Å². The summed E-state index contributed by atoms with van der Waals surface area (Å²) in [6.07, 6.45) is 1.49. The fourth-order valence-corrected chi connectivity index (χ4v) is 2.70. The molecule has 1 aliphatic heterocycles. The van der Waals surface area contributed by atoms with Crippen LogP contribution < -0.4 is 4.74 Å². The number of nitro benzene ring substituents is 1. The zero-order chi connectivity index (χ0) is 18.8. The summed E-state index contributed by atoms with van der Waals surface area (Å²) in [6.45, 7) is 0. The number of hydrogen-bond donors (Lipinski definition) is 0. The fourth-order valence-electron chi connectivity index (χ4n) is 2.25. The van der Waals surface area contributed by atoms with Crippen molar-refractivity contribution in [1.29, 1.82) is 0 Å². The second-order valence-corrected chi connectivity index (χ2v) is 5.97. The number of hydrogen-bond acceptors (Lipinski definition) is 6. The Morgan fingerprint density at radius 1 is 1.19 bits per heavy atom. The topological polar surface area (TPSA) is 91.0 Å². The second-order valence-electron chi connectivity index (χ2n) is 5.15. The van der Waals surface area contributed by atoms with E-state index in [9.17, 15) is 14.9 Å². The van der Waals surface area contributed by atoms with Crippen molar-refractivity contribution in [2.24, 2.45) is 4.99 Å². The molecule has 2 aromatic rings. The molecule has 1 heterocycles. The van der Waals surface area contributed by atoms with Crippen molar-refractivity contribution in [2.75, 3.05) is 7.11 Å². The minimum Gasteiger partial charge on any atom is -0.495 e. The van der Waals surface area contributed by atoms with Crippen LogP contribution in [-0.4, -0.2) is 23.9 Å². The third kappa shape index (κ3) is 3.54. The van der Waals surface area contributed by atoms with E-state index < -0.39 is 10.9 Å². The number of ether oxygens (including phenoxy) is 2. The minimum absolute atomic E-state index is 0.0210. The van der Waals surface area contributed by atoms with Gasteiger partial charge in [0, 0.05) is 11.6 Å². The average Bonchev–Trinajstić information content (AvgIpc) is 2.96. The molecule has 26 heavy (non-hydrogen) atoms. The van der Waals surface area contributed by atoms with Crippen molar-refractivity contribution in [3.63, 3.8) is 0 Å². The molecule has 3 rings (SSSR count). The Bertz CT molecular complexity index is 985. The Morgan fingerprint density at radius 3 is 2.62 bits per heavy atom. The van der Waals surface area contributed by atoms with Gasteiger partial charge in [-0.1, -0.05) is 29.3 Å². The summed E-state index contributed by atoms with van der Waals surface area (Å²) in [5.41, 5.74) is 0.626. The van der Waals surface area contributed by atoms with E-state index in [0.29, 0.717) is 16.3 Å². The number of methoxy groups -OCH3 is 1. The van der Waals surface area contributed by atoms with Crippen LogP contribution in [0.4, 0.5) is 5.69 Å². The van der Waals surface area contributed by atoms with Crippen LogP contribution in [0.5, 0.6) is 5.75 Å². The molecule has 0 aromatic heterocycles. The van der Waals surface area contributed by atoms with E-state index in [0.717, 1.165) is 0 Å². The molecule has 9 heteroatoms. The molecule has 132 valence electrons. The highest BCUT2D eigenvalue weighted by atomic mass is 35.5. The van der Waals surface area contributed by atoms with Crippen molar-refractivity contribution in [1.82, 2.24) is 0 Å². The van der Waals surface area contributed by atoms with Gasteiger partial charge in [-0.2, -0.15) is 0 Å². The summed E-state index contributed by atoms with van der Waals surface area (Å²) in [5.74, 6) is -0.217. The lowest BCUT2D eigenvalue weighted by atomic mass is 10.2. The maximum atomic E-state index is 12.0. The monoisotopic (exact) mass is 392 g/mol. The Balaban J connectivity index is 1.95. The Kier molecular flexibility index (Phi) is 4.92. The molecule has 0 N–H and O–H groups in total. The molecular formula is C17H10Cl2N2O5. The van der Waals surface area contributed by atoms with Gasteiger partial charge in [-0.3, -0.25) is 10.1 Å². The Labute approximate surface area is 157 Å². The van der Waals surface area contributed by atoms with Crippen molar-refractivity contribution in [2.45, 2.75) is 0 Å². The summed E-state index contributed by atoms with van der Waals surface area (Å²) in [6, 6.07) is 8.99. The highest BCUT2D eigenvalue weighted by Gasteiger charge is 2.26. The third-order valence-corrected chi connectivity index (χ3v) is 4.10. The van der Waals surface area contributed by atoms with E-state index in [1.165, 1.54) is 31.4 Å². The van der Waals surface area contributed by atoms with Crippen LogP contribution >= 0.6 is 23.2 Å². The summed E-state index contributed by atoms with van der Waals surface area (Å²) in [7, 11) is 1.50. The molecule has 0 unspecified atom stereocenters. The van der Waals surface area contributed by atoms with Gasteiger partial charge in [-0.15, -0.1) is 0 Å². The lowest BCUT2D eigenvalue weighted by Crippen LogP contribution is -2.06. The zero-order valence-electron chi connectivity index (χ0n) is 13.2. The summed E-state index contributed by atoms with van der Waals surface area (Å²) >= 11 is 11.8. The first-order valence-corrected chi connectivity index (χ1v) is 7.95. The molecule has 0 radical (unpaired) electrons. The van der Waals surface area contributed by atoms with Crippen LogP contribution in [0.3, 0.4) is 0 Å². The zero-order valence-corrected chi connectivity index (χ0v) is 14.7. The van der Waals surface area contributed by atoms with E-state index in [4.69, 9.17) is 32.7 Å². The molecule has 0 fully saturated rings. The molecule has 0 spiro atoms. The molecule has 0 saturated carbocycles. The van der Waals surface area contributed by atoms with E-state index >= 15 is 0 Å². The smallest absolute Gasteiger partial charge is 0.363 e. The Hall–Kier alpha value is -2.90. The number of aliphatic imine (C=N–C) groups is 1. The van der Waals surface area contributed by atoms with Gasteiger partial charge in [0.25, 0.3) is 5.69 Å². The fraction of sp³-hybridized carbons (Fsp3) is 0.0588. The van der Waals surface area contributed by atoms with Crippen LogP contribution in [0.2, 0.25) is 10.0 Å². The van der Waals surface area contributed by atoms with Gasteiger partial charge in [0.1, 0.15) is 10.8 Å². The molecule has 0 amide bonds. The van der Waals surface area contributed by atoms with Crippen LogP contribution in [0.15, 0.2) is 47.1 Å². The van der Waals surface area contributed by atoms with Crippen molar-refractivity contribution < 1.29 is 19.2 Å². The number of nitrogens with zero attached hydrogens (tertiary/aromatic N) is 2. The number of cyclic esters (lactones) is 1. The number of halogens is 2. The maximum Gasteiger partial charge on any atom is 0.363 e. The molecule has 2 aromatic carbocycles. The normalized spacial score (nSPS) is 15.0. The van der Waals surface area contributed by atoms with Gasteiger partial charge in [0.2, 0.25) is 5.90 Å². The van der Waals surface area contributed by atoms with Gasteiger partial charge in [0.15, 0.2) is 5.70 Å². The number of benzene rings is 2. The van der Waals surface area contributed by atoms with E-state index in [-0.39, 0.29) is 27.9 Å². The van der Waals surface area contributed by atoms with Crippen LogP contribution in [0, 0.1) is 10.1 Å². The largest absolute Gasteiger partial charge is 0.495 e. The molecule has 1 aliphatic rings. The quantitative estimate of drug-likeness (QED) is 0.335. The highest BCUT2D eigenvalue weighted by molar-refractivity contribution is 6.33. The molecule has 0 bridgehead atoms. The molecule has 0 saturated heterocycles. The van der Waals surface area contributed by atoms with Crippen molar-refractivity contribution in [3.8, 4) is 5.75 Å². The second kappa shape index (κ2) is 7.15. The lowest BCUT2D eigenvalue weighted by molar-refractivity contribution is -0.384. The Morgan fingerprint density at radius 2 is 1.96 bits per heavy atom. The van der Waals surface area contributed by atoms with Gasteiger partial charge < -0.3 is 9.47 Å². The van der Waals surface area contributed by atoms with Gasteiger partial charge >= 0.3 is 5.97 Å². The SMILES string of the molecule is COc1ccc(C=C2N=C(c3ccc(Cl)c([N+](=O)[O-])c3)OC2=O)cc1Cl. The third-order valence-electron chi connectivity index (χ3n) is 3.49. The number of esters is 1. The number of carbonyl (C=O) groups excluding carboxylic acids is 1. The van der Waals surface area contributed by atoms with Gasteiger partial charge in [-0.05, 0) is 35.9 Å². The maximum absolute atomic E-state index is 12.0. The van der Waals surface area contributed by atoms with Crippen LogP contribution in [0.1, 0.15) is 11.1 Å². The van der Waals surface area contributed by atoms with Gasteiger partial charge in [0.05, 0.1) is 17.1 Å². The van der Waals surface area contributed by atoms with Crippen LogP contribution in [0.25, 0.3) is 6.08 Å². The van der Waals surface area contributed by atoms with Crippen molar-refractivity contribution in [3.05, 3.63) is 73.4 Å².